The highest BCUT2D eigenvalue weighted by molar-refractivity contribution is 14.0. The Hall–Kier alpha value is -1.06. The Labute approximate surface area is 187 Å². The Kier molecular flexibility index (Phi) is 17.3. The Morgan fingerprint density at radius 1 is 1.04 bits per heavy atom. The molecular weight excluding hydrogens is 469 g/mol. The topological polar surface area (TPSA) is 64.1 Å². The molecule has 0 radical (unpaired) electrons. The summed E-state index contributed by atoms with van der Waals surface area (Å²) in [5.74, 6) is 1.70. The quantitative estimate of drug-likeness (QED) is 0.173. The van der Waals surface area contributed by atoms with E-state index in [1.165, 1.54) is 12.0 Å². The van der Waals surface area contributed by atoms with Crippen molar-refractivity contribution in [3.63, 3.8) is 0 Å². The van der Waals surface area contributed by atoms with E-state index in [0.717, 1.165) is 56.3 Å². The summed E-state index contributed by atoms with van der Waals surface area (Å²) < 4.78 is 16.6. The summed E-state index contributed by atoms with van der Waals surface area (Å²) in [6.07, 6.45) is 4.14. The van der Waals surface area contributed by atoms with Crippen LogP contribution in [0.15, 0.2) is 23.2 Å². The van der Waals surface area contributed by atoms with Crippen LogP contribution in [0.1, 0.15) is 43.7 Å². The molecule has 0 bridgehead atoms. The molecule has 0 aliphatic rings. The van der Waals surface area contributed by atoms with Crippen molar-refractivity contribution in [1.82, 2.24) is 10.6 Å². The number of rotatable bonds is 14. The van der Waals surface area contributed by atoms with Gasteiger partial charge in [0.1, 0.15) is 5.75 Å². The van der Waals surface area contributed by atoms with Gasteiger partial charge in [0.05, 0.1) is 6.61 Å². The number of hydrogen-bond acceptors (Lipinski definition) is 4. The largest absolute Gasteiger partial charge is 0.493 e. The summed E-state index contributed by atoms with van der Waals surface area (Å²) in [6, 6.07) is 6.28. The molecule has 0 spiro atoms. The van der Waals surface area contributed by atoms with Gasteiger partial charge in [0, 0.05) is 59.1 Å². The minimum atomic E-state index is 0. The monoisotopic (exact) mass is 507 g/mol. The first kappa shape index (κ1) is 26.9. The molecule has 162 valence electrons. The lowest BCUT2D eigenvalue weighted by Crippen LogP contribution is -2.37. The van der Waals surface area contributed by atoms with Crippen LogP contribution in [0.4, 0.5) is 0 Å². The van der Waals surface area contributed by atoms with E-state index in [9.17, 15) is 0 Å². The van der Waals surface area contributed by atoms with Gasteiger partial charge in [-0.15, -0.1) is 24.0 Å². The van der Waals surface area contributed by atoms with E-state index >= 15 is 0 Å². The summed E-state index contributed by atoms with van der Waals surface area (Å²) in [4.78, 5) is 4.28. The van der Waals surface area contributed by atoms with Crippen LogP contribution in [0.25, 0.3) is 0 Å². The smallest absolute Gasteiger partial charge is 0.191 e. The third-order valence-electron chi connectivity index (χ3n) is 4.04. The van der Waals surface area contributed by atoms with Gasteiger partial charge in [0.25, 0.3) is 0 Å². The van der Waals surface area contributed by atoms with Crippen LogP contribution in [0.3, 0.4) is 0 Å². The predicted octanol–water partition coefficient (Wildman–Crippen LogP) is 3.90. The molecule has 6 nitrogen and oxygen atoms in total. The Morgan fingerprint density at radius 2 is 1.82 bits per heavy atom. The van der Waals surface area contributed by atoms with Crippen LogP contribution in [0, 0.1) is 6.92 Å². The van der Waals surface area contributed by atoms with Crippen molar-refractivity contribution in [2.24, 2.45) is 4.99 Å². The van der Waals surface area contributed by atoms with Gasteiger partial charge in [-0.3, -0.25) is 4.99 Å². The third-order valence-corrected chi connectivity index (χ3v) is 4.04. The molecule has 0 heterocycles. The number of aryl methyl sites for hydroxylation is 1. The van der Waals surface area contributed by atoms with E-state index < -0.39 is 0 Å². The number of guanidine groups is 1. The predicted molar refractivity (Wildman–Crippen MR) is 127 cm³/mol. The summed E-state index contributed by atoms with van der Waals surface area (Å²) in [6.45, 7) is 8.72. The lowest BCUT2D eigenvalue weighted by atomic mass is 10.1. The molecule has 1 aromatic carbocycles. The second-order valence-electron chi connectivity index (χ2n) is 6.48. The molecule has 0 aliphatic carbocycles. The van der Waals surface area contributed by atoms with Gasteiger partial charge in [-0.2, -0.15) is 0 Å². The van der Waals surface area contributed by atoms with Gasteiger partial charge in [-0.05, 0) is 31.4 Å². The van der Waals surface area contributed by atoms with Crippen molar-refractivity contribution in [2.45, 2.75) is 46.1 Å². The number of nitrogens with one attached hydrogen (secondary N) is 2. The van der Waals surface area contributed by atoms with E-state index in [1.54, 1.807) is 14.2 Å². The van der Waals surface area contributed by atoms with Crippen molar-refractivity contribution in [2.75, 3.05) is 47.1 Å². The van der Waals surface area contributed by atoms with Crippen molar-refractivity contribution in [1.29, 1.82) is 0 Å². The Bertz CT molecular complexity index is 542. The number of methoxy groups -OCH3 is 1. The van der Waals surface area contributed by atoms with Crippen molar-refractivity contribution in [3.8, 4) is 5.75 Å². The molecule has 7 heteroatoms. The maximum atomic E-state index is 5.93. The zero-order valence-corrected chi connectivity index (χ0v) is 20.2. The second-order valence-corrected chi connectivity index (χ2v) is 6.48. The fourth-order valence-corrected chi connectivity index (χ4v) is 2.46. The molecule has 0 fully saturated rings. The maximum Gasteiger partial charge on any atom is 0.191 e. The van der Waals surface area contributed by atoms with Crippen LogP contribution in [0.2, 0.25) is 0 Å². The van der Waals surface area contributed by atoms with Gasteiger partial charge in [0.2, 0.25) is 0 Å². The minimum absolute atomic E-state index is 0. The van der Waals surface area contributed by atoms with Crippen LogP contribution in [-0.2, 0) is 16.0 Å². The van der Waals surface area contributed by atoms with E-state index in [1.807, 2.05) is 0 Å². The molecular formula is C21H38IN3O3. The van der Waals surface area contributed by atoms with E-state index in [2.05, 4.69) is 47.7 Å². The zero-order valence-electron chi connectivity index (χ0n) is 17.9. The van der Waals surface area contributed by atoms with Crippen molar-refractivity contribution >= 4 is 29.9 Å². The number of nitrogens with zero attached hydrogens (tertiary/aromatic N) is 1. The molecule has 0 saturated carbocycles. The molecule has 0 aromatic heterocycles. The molecule has 0 saturated heterocycles. The minimum Gasteiger partial charge on any atom is -0.493 e. The molecule has 2 N–H and O–H groups in total. The first-order valence-electron chi connectivity index (χ1n) is 9.94. The SMILES string of the molecule is CCCCOCCCNC(=NC)NCc1ccc(C)cc1OCCCOC.I. The molecule has 1 rings (SSSR count). The standard InChI is InChI=1S/C21H37N3O3.HI/c1-5-6-13-26-14-7-11-23-21(22-3)24-17-19-10-9-18(2)16-20(19)27-15-8-12-25-4;/h9-10,16H,5-8,11-15,17H2,1-4H3,(H2,22,23,24);1H. The first-order chi connectivity index (χ1) is 13.2. The molecule has 0 unspecified atom stereocenters. The van der Waals surface area contributed by atoms with Crippen molar-refractivity contribution < 1.29 is 14.2 Å². The third kappa shape index (κ3) is 12.4. The van der Waals surface area contributed by atoms with Gasteiger partial charge < -0.3 is 24.8 Å². The highest BCUT2D eigenvalue weighted by Crippen LogP contribution is 2.20. The van der Waals surface area contributed by atoms with Crippen molar-refractivity contribution in [3.05, 3.63) is 29.3 Å². The average molecular weight is 507 g/mol. The lowest BCUT2D eigenvalue weighted by molar-refractivity contribution is 0.129. The Morgan fingerprint density at radius 3 is 2.54 bits per heavy atom. The van der Waals surface area contributed by atoms with Gasteiger partial charge in [-0.25, -0.2) is 0 Å². The second kappa shape index (κ2) is 18.0. The van der Waals surface area contributed by atoms with E-state index in [-0.39, 0.29) is 24.0 Å². The van der Waals surface area contributed by atoms with Gasteiger partial charge >= 0.3 is 0 Å². The van der Waals surface area contributed by atoms with Gasteiger partial charge in [-0.1, -0.05) is 25.5 Å². The number of hydrogen-bond donors (Lipinski definition) is 2. The van der Waals surface area contributed by atoms with Crippen LogP contribution in [-0.4, -0.2) is 53.1 Å². The Balaban J connectivity index is 0.00000729. The zero-order chi connectivity index (χ0) is 19.7. The number of ether oxygens (including phenoxy) is 3. The van der Waals surface area contributed by atoms with E-state index in [4.69, 9.17) is 14.2 Å². The maximum absolute atomic E-state index is 5.93. The first-order valence-corrected chi connectivity index (χ1v) is 9.94. The number of benzene rings is 1. The molecule has 0 atom stereocenters. The van der Waals surface area contributed by atoms with Gasteiger partial charge in [0.15, 0.2) is 5.96 Å². The number of unbranched alkanes of at least 4 members (excludes halogenated alkanes) is 1. The lowest BCUT2D eigenvalue weighted by Gasteiger charge is -2.15. The summed E-state index contributed by atoms with van der Waals surface area (Å²) in [7, 11) is 3.49. The summed E-state index contributed by atoms with van der Waals surface area (Å²) in [5, 5.41) is 6.67. The van der Waals surface area contributed by atoms with Crippen LogP contribution >= 0.6 is 24.0 Å². The van der Waals surface area contributed by atoms with Crippen LogP contribution in [0.5, 0.6) is 5.75 Å². The fourth-order valence-electron chi connectivity index (χ4n) is 2.46. The molecule has 0 amide bonds. The highest BCUT2D eigenvalue weighted by atomic mass is 127. The molecule has 0 aliphatic heterocycles. The molecule has 28 heavy (non-hydrogen) atoms. The fraction of sp³-hybridized carbons (Fsp3) is 0.667. The van der Waals surface area contributed by atoms with E-state index in [0.29, 0.717) is 19.8 Å². The van der Waals surface area contributed by atoms with Crippen LogP contribution < -0.4 is 15.4 Å². The summed E-state index contributed by atoms with van der Waals surface area (Å²) in [5.41, 5.74) is 2.30. The number of aliphatic imine (C=N–C) groups is 1. The normalized spacial score (nSPS) is 11.1. The average Bonchev–Trinajstić information content (AvgIpc) is 2.68. The molecule has 1 aromatic rings. The summed E-state index contributed by atoms with van der Waals surface area (Å²) >= 11 is 0. The highest BCUT2D eigenvalue weighted by Gasteiger charge is 2.06. The number of halogens is 1.